The monoisotopic (exact) mass is 546 g/mol. The molecule has 5 rings (SSSR count). The first-order valence-corrected chi connectivity index (χ1v) is 13.2. The molecule has 1 saturated heterocycles. The van der Waals surface area contributed by atoms with Crippen LogP contribution in [0.2, 0.25) is 0 Å². The van der Waals surface area contributed by atoms with Crippen molar-refractivity contribution in [2.75, 3.05) is 41.5 Å². The van der Waals surface area contributed by atoms with E-state index in [2.05, 4.69) is 17.3 Å². The highest BCUT2D eigenvalue weighted by Crippen LogP contribution is 2.44. The van der Waals surface area contributed by atoms with Crippen molar-refractivity contribution in [2.45, 2.75) is 25.2 Å². The molecule has 0 radical (unpaired) electrons. The maximum Gasteiger partial charge on any atom is 0.255 e. The van der Waals surface area contributed by atoms with Crippen LogP contribution in [0, 0.1) is 0 Å². The Balaban J connectivity index is 1.38. The summed E-state index contributed by atoms with van der Waals surface area (Å²) in [6.45, 7) is 1.93. The van der Waals surface area contributed by atoms with Gasteiger partial charge in [0.05, 0.1) is 27.0 Å². The van der Waals surface area contributed by atoms with E-state index in [4.69, 9.17) is 23.7 Å². The second kappa shape index (κ2) is 11.9. The highest BCUT2D eigenvalue weighted by Gasteiger charge is 2.29. The maximum absolute atomic E-state index is 13.3. The van der Waals surface area contributed by atoms with Crippen LogP contribution in [0.1, 0.15) is 28.8 Å². The maximum atomic E-state index is 13.3. The molecule has 0 spiro atoms. The first-order chi connectivity index (χ1) is 19.4. The molecule has 9 nitrogen and oxygen atoms in total. The van der Waals surface area contributed by atoms with Crippen molar-refractivity contribution in [3.8, 4) is 39.9 Å². The first-order valence-electron chi connectivity index (χ1n) is 13.2. The molecule has 3 aromatic carbocycles. The predicted molar refractivity (Wildman–Crippen MR) is 151 cm³/mol. The fourth-order valence-electron chi connectivity index (χ4n) is 4.94. The van der Waals surface area contributed by atoms with E-state index in [1.54, 1.807) is 38.5 Å². The highest BCUT2D eigenvalue weighted by molar-refractivity contribution is 5.98. The number of carbonyl (C=O) groups excluding carboxylic acids is 1. The molecule has 210 valence electrons. The molecule has 1 unspecified atom stereocenters. The summed E-state index contributed by atoms with van der Waals surface area (Å²) in [5, 5.41) is 13.6. The number of aliphatic hydroxyl groups excluding tert-OH is 1. The van der Waals surface area contributed by atoms with Gasteiger partial charge in [-0.2, -0.15) is 0 Å². The van der Waals surface area contributed by atoms with Crippen LogP contribution in [0.25, 0.3) is 17.2 Å². The van der Waals surface area contributed by atoms with Crippen molar-refractivity contribution in [2.24, 2.45) is 0 Å². The number of hydrogen-bond donors (Lipinski definition) is 2. The number of ether oxygens (including phenoxy) is 5. The van der Waals surface area contributed by atoms with Gasteiger partial charge in [-0.3, -0.25) is 4.79 Å². The number of rotatable bonds is 8. The van der Waals surface area contributed by atoms with Crippen LogP contribution in [0.3, 0.4) is 0 Å². The Kier molecular flexibility index (Phi) is 8.14. The molecule has 0 bridgehead atoms. The molecular formula is C31H34N2O7. The Hall–Kier alpha value is -4.21. The number of benzene rings is 3. The van der Waals surface area contributed by atoms with E-state index in [1.165, 1.54) is 7.11 Å². The zero-order valence-corrected chi connectivity index (χ0v) is 23.1. The SMILES string of the molecule is COc1cccc(-c2cc(C(=O)NC3=Cc4ccc(OC5CCN(C)CC5)c(OC)c4OC3O)ccc2OC)c1. The summed E-state index contributed by atoms with van der Waals surface area (Å²) in [5.74, 6) is 2.24. The first kappa shape index (κ1) is 27.4. The molecule has 2 aliphatic rings. The van der Waals surface area contributed by atoms with Crippen molar-refractivity contribution in [1.82, 2.24) is 10.2 Å². The van der Waals surface area contributed by atoms with Gasteiger partial charge in [0.25, 0.3) is 5.91 Å². The molecule has 1 amide bonds. The molecule has 0 saturated carbocycles. The van der Waals surface area contributed by atoms with Crippen molar-refractivity contribution >= 4 is 12.0 Å². The zero-order valence-electron chi connectivity index (χ0n) is 23.1. The van der Waals surface area contributed by atoms with Crippen LogP contribution in [0.15, 0.2) is 60.3 Å². The van der Waals surface area contributed by atoms with Crippen LogP contribution < -0.4 is 29.0 Å². The van der Waals surface area contributed by atoms with E-state index in [9.17, 15) is 9.90 Å². The normalized spacial score (nSPS) is 17.2. The number of nitrogens with one attached hydrogen (secondary N) is 1. The lowest BCUT2D eigenvalue weighted by molar-refractivity contribution is 0.00518. The summed E-state index contributed by atoms with van der Waals surface area (Å²) in [6, 6.07) is 16.3. The van der Waals surface area contributed by atoms with Gasteiger partial charge in [-0.05, 0) is 74.0 Å². The predicted octanol–water partition coefficient (Wildman–Crippen LogP) is 4.33. The van der Waals surface area contributed by atoms with Gasteiger partial charge in [-0.25, -0.2) is 0 Å². The summed E-state index contributed by atoms with van der Waals surface area (Å²) < 4.78 is 28.6. The Bertz CT molecular complexity index is 1410. The summed E-state index contributed by atoms with van der Waals surface area (Å²) in [4.78, 5) is 15.5. The van der Waals surface area contributed by atoms with Gasteiger partial charge in [-0.1, -0.05) is 12.1 Å². The molecule has 0 aliphatic carbocycles. The van der Waals surface area contributed by atoms with Crippen LogP contribution in [-0.2, 0) is 0 Å². The third kappa shape index (κ3) is 5.71. The molecule has 2 heterocycles. The molecule has 1 fully saturated rings. The fourth-order valence-corrected chi connectivity index (χ4v) is 4.94. The van der Waals surface area contributed by atoms with Gasteiger partial charge in [0.2, 0.25) is 12.0 Å². The minimum atomic E-state index is -1.40. The minimum Gasteiger partial charge on any atom is -0.497 e. The second-order valence-corrected chi connectivity index (χ2v) is 9.81. The third-order valence-corrected chi connectivity index (χ3v) is 7.18. The fraction of sp³-hybridized carbons (Fsp3) is 0.323. The van der Waals surface area contributed by atoms with E-state index >= 15 is 0 Å². The highest BCUT2D eigenvalue weighted by atomic mass is 16.6. The number of amides is 1. The van der Waals surface area contributed by atoms with Gasteiger partial charge in [0, 0.05) is 29.8 Å². The number of methoxy groups -OCH3 is 3. The smallest absolute Gasteiger partial charge is 0.255 e. The Morgan fingerprint density at radius 2 is 1.75 bits per heavy atom. The van der Waals surface area contributed by atoms with Gasteiger partial charge in [-0.15, -0.1) is 0 Å². The number of piperidine rings is 1. The lowest BCUT2D eigenvalue weighted by Crippen LogP contribution is -2.36. The van der Waals surface area contributed by atoms with E-state index in [0.29, 0.717) is 39.9 Å². The summed E-state index contributed by atoms with van der Waals surface area (Å²) >= 11 is 0. The minimum absolute atomic E-state index is 0.0772. The van der Waals surface area contributed by atoms with Crippen molar-refractivity contribution < 1.29 is 33.6 Å². The van der Waals surface area contributed by atoms with E-state index < -0.39 is 12.2 Å². The molecule has 2 aliphatic heterocycles. The number of aliphatic hydroxyl groups is 1. The molecule has 3 aromatic rings. The number of likely N-dealkylation sites (tertiary alicyclic amines) is 1. The summed E-state index contributed by atoms with van der Waals surface area (Å²) in [5.41, 5.74) is 2.82. The third-order valence-electron chi connectivity index (χ3n) is 7.18. The number of nitrogens with zero attached hydrogens (tertiary/aromatic N) is 1. The zero-order chi connectivity index (χ0) is 28.2. The molecule has 2 N–H and O–H groups in total. The van der Waals surface area contributed by atoms with Crippen molar-refractivity contribution in [3.63, 3.8) is 0 Å². The standard InChI is InChI=1S/C31H34N2O7/c1-33-14-12-22(13-15-33)39-27-11-8-20-18-25(31(35)40-28(20)29(27)38-4)32-30(34)21-9-10-26(37-3)24(17-21)19-6-5-7-23(16-19)36-2/h5-11,16-18,22,31,35H,12-15H2,1-4H3,(H,32,34). The van der Waals surface area contributed by atoms with Crippen molar-refractivity contribution in [1.29, 1.82) is 0 Å². The average Bonchev–Trinajstić information content (AvgIpc) is 2.98. The Labute approximate surface area is 233 Å². The number of carbonyl (C=O) groups is 1. The Morgan fingerprint density at radius 1 is 0.975 bits per heavy atom. The van der Waals surface area contributed by atoms with E-state index in [0.717, 1.165) is 37.1 Å². The van der Waals surface area contributed by atoms with Crippen molar-refractivity contribution in [3.05, 3.63) is 71.4 Å². The van der Waals surface area contributed by atoms with Crippen LogP contribution in [0.5, 0.6) is 28.7 Å². The number of fused-ring (bicyclic) bond motifs is 1. The molecular weight excluding hydrogens is 512 g/mol. The van der Waals surface area contributed by atoms with Gasteiger partial charge >= 0.3 is 0 Å². The lowest BCUT2D eigenvalue weighted by atomic mass is 10.0. The second-order valence-electron chi connectivity index (χ2n) is 9.81. The molecule has 0 aromatic heterocycles. The number of hydrogen-bond acceptors (Lipinski definition) is 8. The largest absolute Gasteiger partial charge is 0.497 e. The van der Waals surface area contributed by atoms with Gasteiger partial charge in [0.1, 0.15) is 17.6 Å². The lowest BCUT2D eigenvalue weighted by Gasteiger charge is -2.31. The van der Waals surface area contributed by atoms with E-state index in [1.807, 2.05) is 36.4 Å². The van der Waals surface area contributed by atoms with Crippen LogP contribution in [0.4, 0.5) is 0 Å². The van der Waals surface area contributed by atoms with E-state index in [-0.39, 0.29) is 11.8 Å². The van der Waals surface area contributed by atoms with Gasteiger partial charge < -0.3 is 39.0 Å². The van der Waals surface area contributed by atoms with Crippen LogP contribution >= 0.6 is 0 Å². The summed E-state index contributed by atoms with van der Waals surface area (Å²) in [7, 11) is 6.82. The Morgan fingerprint density at radius 3 is 2.48 bits per heavy atom. The van der Waals surface area contributed by atoms with Gasteiger partial charge in [0.15, 0.2) is 11.5 Å². The summed E-state index contributed by atoms with van der Waals surface area (Å²) in [6.07, 6.45) is 2.19. The van der Waals surface area contributed by atoms with Crippen LogP contribution in [-0.4, -0.2) is 69.8 Å². The quantitative estimate of drug-likeness (QED) is 0.431. The molecule has 40 heavy (non-hydrogen) atoms. The molecule has 1 atom stereocenters. The average molecular weight is 547 g/mol. The molecule has 9 heteroatoms. The topological polar surface area (TPSA) is 98.7 Å².